The van der Waals surface area contributed by atoms with Crippen molar-refractivity contribution in [1.29, 1.82) is 0 Å². The number of nitrogens with zero attached hydrogens (tertiary/aromatic N) is 2. The van der Waals surface area contributed by atoms with Crippen LogP contribution in [0.3, 0.4) is 0 Å². The van der Waals surface area contributed by atoms with Crippen molar-refractivity contribution in [2.45, 2.75) is 6.42 Å². The summed E-state index contributed by atoms with van der Waals surface area (Å²) < 4.78 is 57.0. The third kappa shape index (κ3) is 4.34. The van der Waals surface area contributed by atoms with Crippen LogP contribution in [0.5, 0.6) is 0 Å². The average Bonchev–Trinajstić information content (AvgIpc) is 3.13. The van der Waals surface area contributed by atoms with Gasteiger partial charge in [0.2, 0.25) is 0 Å². The Bertz CT molecular complexity index is 1020. The van der Waals surface area contributed by atoms with Gasteiger partial charge in [-0.05, 0) is 24.3 Å². The minimum absolute atomic E-state index is 0.0418. The highest BCUT2D eigenvalue weighted by Gasteiger charge is 2.30. The summed E-state index contributed by atoms with van der Waals surface area (Å²) in [7, 11) is -2.66. The molecule has 0 amide bonds. The molecular weight excluding hydrogens is 414 g/mol. The highest BCUT2D eigenvalue weighted by Crippen LogP contribution is 2.34. The Kier molecular flexibility index (Phi) is 6.01. The quantitative estimate of drug-likeness (QED) is 0.684. The van der Waals surface area contributed by atoms with E-state index in [9.17, 15) is 17.2 Å². The molecule has 0 saturated carbocycles. The van der Waals surface area contributed by atoms with Crippen LogP contribution < -0.4 is 10.0 Å². The number of anilines is 3. The molecule has 0 aliphatic carbocycles. The first kappa shape index (κ1) is 20.3. The van der Waals surface area contributed by atoms with Gasteiger partial charge in [-0.25, -0.2) is 8.78 Å². The number of rotatable bonds is 6. The van der Waals surface area contributed by atoms with Crippen LogP contribution >= 0.6 is 11.6 Å². The Morgan fingerprint density at radius 2 is 1.93 bits per heavy atom. The molecule has 2 aromatic carbocycles. The highest BCUT2D eigenvalue weighted by atomic mass is 35.5. The molecule has 1 aliphatic heterocycles. The number of hydrogen-bond donors (Lipinski definition) is 2. The number of halogens is 3. The van der Waals surface area contributed by atoms with Crippen LogP contribution in [-0.4, -0.2) is 38.6 Å². The first-order valence-corrected chi connectivity index (χ1v) is 10.00. The lowest BCUT2D eigenvalue weighted by Gasteiger charge is -2.20. The molecule has 0 spiro atoms. The maximum Gasteiger partial charge on any atom is 0.302 e. The number of nitrogens with one attached hydrogen (secondary N) is 2. The van der Waals surface area contributed by atoms with Gasteiger partial charge in [-0.3, -0.25) is 4.72 Å². The first-order valence-electron chi connectivity index (χ1n) is 8.18. The molecule has 1 fully saturated rings. The highest BCUT2D eigenvalue weighted by molar-refractivity contribution is 7.90. The van der Waals surface area contributed by atoms with E-state index in [4.69, 9.17) is 11.6 Å². The fraction of sp³-hybridized carbons (Fsp3) is 0.235. The fourth-order valence-electron chi connectivity index (χ4n) is 2.68. The summed E-state index contributed by atoms with van der Waals surface area (Å²) in [5, 5.41) is 6.67. The van der Waals surface area contributed by atoms with Gasteiger partial charge >= 0.3 is 10.2 Å². The van der Waals surface area contributed by atoms with Gasteiger partial charge in [0.1, 0.15) is 12.8 Å². The third-order valence-corrected chi connectivity index (χ3v) is 5.84. The Morgan fingerprint density at radius 1 is 1.18 bits per heavy atom. The van der Waals surface area contributed by atoms with Crippen LogP contribution in [0.15, 0.2) is 41.6 Å². The average molecular weight is 431 g/mol. The van der Waals surface area contributed by atoms with Gasteiger partial charge in [0, 0.05) is 13.0 Å². The van der Waals surface area contributed by atoms with Crippen molar-refractivity contribution in [3.05, 3.63) is 53.1 Å². The van der Waals surface area contributed by atoms with E-state index in [-0.39, 0.29) is 29.5 Å². The van der Waals surface area contributed by atoms with Crippen LogP contribution in [0.25, 0.3) is 0 Å². The second-order valence-electron chi connectivity index (χ2n) is 5.92. The molecule has 7 nitrogen and oxygen atoms in total. The molecule has 28 heavy (non-hydrogen) atoms. The van der Waals surface area contributed by atoms with Crippen LogP contribution in [0, 0.1) is 11.6 Å². The van der Waals surface area contributed by atoms with Crippen molar-refractivity contribution in [3.8, 4) is 0 Å². The molecule has 1 aliphatic rings. The van der Waals surface area contributed by atoms with Gasteiger partial charge < -0.3 is 10.2 Å². The van der Waals surface area contributed by atoms with Crippen molar-refractivity contribution in [2.24, 2.45) is 5.16 Å². The first-order chi connectivity index (χ1) is 13.3. The van der Waals surface area contributed by atoms with E-state index in [0.717, 1.165) is 16.4 Å². The molecule has 0 bridgehead atoms. The molecule has 0 unspecified atom stereocenters. The van der Waals surface area contributed by atoms with E-state index < -0.39 is 21.8 Å². The number of para-hydroxylation sites is 1. The van der Waals surface area contributed by atoms with Gasteiger partial charge in [0.25, 0.3) is 0 Å². The minimum atomic E-state index is -4.03. The predicted octanol–water partition coefficient (Wildman–Crippen LogP) is 3.73. The minimum Gasteiger partial charge on any atom is -0.399 e. The SMILES string of the molecule is CO/N=C1/CCN(S(=O)(=O)Nc2ccc(F)c(F)c2Nc2ccccc2Cl)C1. The van der Waals surface area contributed by atoms with E-state index >= 15 is 0 Å². The van der Waals surface area contributed by atoms with E-state index in [1.165, 1.54) is 7.11 Å². The van der Waals surface area contributed by atoms with Crippen molar-refractivity contribution in [3.63, 3.8) is 0 Å². The zero-order chi connectivity index (χ0) is 20.3. The Labute approximate surface area is 166 Å². The molecule has 150 valence electrons. The molecule has 2 aromatic rings. The summed E-state index contributed by atoms with van der Waals surface area (Å²) in [4.78, 5) is 4.66. The topological polar surface area (TPSA) is 83.0 Å². The maximum absolute atomic E-state index is 14.4. The largest absolute Gasteiger partial charge is 0.399 e. The molecule has 11 heteroatoms. The van der Waals surface area contributed by atoms with E-state index in [1.807, 2.05) is 0 Å². The summed E-state index contributed by atoms with van der Waals surface area (Å²) in [6.07, 6.45) is 0.414. The summed E-state index contributed by atoms with van der Waals surface area (Å²) >= 11 is 6.05. The number of benzene rings is 2. The van der Waals surface area contributed by atoms with Crippen LogP contribution in [0.4, 0.5) is 25.8 Å². The monoisotopic (exact) mass is 430 g/mol. The molecule has 3 rings (SSSR count). The predicted molar refractivity (Wildman–Crippen MR) is 104 cm³/mol. The van der Waals surface area contributed by atoms with Crippen molar-refractivity contribution in [2.75, 3.05) is 30.2 Å². The Balaban J connectivity index is 1.91. The molecule has 0 radical (unpaired) electrons. The van der Waals surface area contributed by atoms with E-state index in [1.54, 1.807) is 24.3 Å². The summed E-state index contributed by atoms with van der Waals surface area (Å²) in [6.45, 7) is 0.231. The van der Waals surface area contributed by atoms with Crippen LogP contribution in [0.1, 0.15) is 6.42 Å². The summed E-state index contributed by atoms with van der Waals surface area (Å²) in [5.41, 5.74) is 0.329. The summed E-state index contributed by atoms with van der Waals surface area (Å²) in [5.74, 6) is -2.36. The summed E-state index contributed by atoms with van der Waals surface area (Å²) in [6, 6.07) is 8.41. The third-order valence-electron chi connectivity index (χ3n) is 4.04. The zero-order valence-electron chi connectivity index (χ0n) is 14.7. The van der Waals surface area contributed by atoms with Gasteiger partial charge in [-0.2, -0.15) is 12.7 Å². The lowest BCUT2D eigenvalue weighted by atomic mass is 10.2. The van der Waals surface area contributed by atoms with E-state index in [2.05, 4.69) is 20.0 Å². The van der Waals surface area contributed by atoms with Crippen molar-refractivity contribution < 1.29 is 22.0 Å². The molecule has 0 aromatic heterocycles. The van der Waals surface area contributed by atoms with Gasteiger partial charge in [0.05, 0.1) is 28.7 Å². The molecular formula is C17H17ClF2N4O3S. The zero-order valence-corrected chi connectivity index (χ0v) is 16.3. The molecule has 1 saturated heterocycles. The van der Waals surface area contributed by atoms with Crippen LogP contribution in [0.2, 0.25) is 5.02 Å². The smallest absolute Gasteiger partial charge is 0.302 e. The van der Waals surface area contributed by atoms with Gasteiger partial charge in [-0.1, -0.05) is 28.9 Å². The second kappa shape index (κ2) is 8.29. The fourth-order valence-corrected chi connectivity index (χ4v) is 4.09. The lowest BCUT2D eigenvalue weighted by Crippen LogP contribution is -2.34. The second-order valence-corrected chi connectivity index (χ2v) is 8.00. The van der Waals surface area contributed by atoms with Gasteiger partial charge in [0.15, 0.2) is 11.6 Å². The standard InChI is InChI=1S/C17H17ClF2N4O3S/c1-27-22-11-8-9-24(10-11)28(25,26)23-15-7-6-13(19)16(20)17(15)21-14-5-3-2-4-12(14)18/h2-7,21,23H,8-10H2,1H3/b22-11-. The number of hydrogen-bond acceptors (Lipinski definition) is 5. The number of oxime groups is 1. The van der Waals surface area contributed by atoms with Crippen molar-refractivity contribution >= 4 is 44.6 Å². The Hall–Kier alpha value is -2.43. The van der Waals surface area contributed by atoms with Gasteiger partial charge in [-0.15, -0.1) is 0 Å². The van der Waals surface area contributed by atoms with E-state index in [0.29, 0.717) is 17.8 Å². The lowest BCUT2D eigenvalue weighted by molar-refractivity contribution is 0.212. The molecule has 1 heterocycles. The normalized spacial score (nSPS) is 16.4. The molecule has 2 N–H and O–H groups in total. The van der Waals surface area contributed by atoms with Crippen LogP contribution in [-0.2, 0) is 15.0 Å². The Morgan fingerprint density at radius 3 is 2.64 bits per heavy atom. The van der Waals surface area contributed by atoms with Crippen molar-refractivity contribution in [1.82, 2.24) is 4.31 Å². The maximum atomic E-state index is 14.4. The molecule has 0 atom stereocenters.